The van der Waals surface area contributed by atoms with Gasteiger partial charge >= 0.3 is 0 Å². The van der Waals surface area contributed by atoms with Crippen molar-refractivity contribution in [2.75, 3.05) is 0 Å². The number of aliphatic hydroxyl groups excluding tert-OH is 1. The van der Waals surface area contributed by atoms with Crippen LogP contribution < -0.4 is 4.74 Å². The van der Waals surface area contributed by atoms with E-state index >= 15 is 0 Å². The van der Waals surface area contributed by atoms with Crippen molar-refractivity contribution in [2.45, 2.75) is 33.0 Å². The van der Waals surface area contributed by atoms with Crippen LogP contribution in [0.1, 0.15) is 25.8 Å². The summed E-state index contributed by atoms with van der Waals surface area (Å²) in [6, 6.07) is 7.11. The number of ether oxygens (including phenoxy) is 1. The number of benzene rings is 1. The average molecular weight is 208 g/mol. The Morgan fingerprint density at radius 3 is 2.87 bits per heavy atom. The second kappa shape index (κ2) is 5.51. The molecule has 15 heavy (non-hydrogen) atoms. The van der Waals surface area contributed by atoms with Crippen molar-refractivity contribution < 1.29 is 14.6 Å². The van der Waals surface area contributed by atoms with E-state index in [9.17, 15) is 4.79 Å². The van der Waals surface area contributed by atoms with E-state index in [0.29, 0.717) is 12.2 Å². The first kappa shape index (κ1) is 11.7. The highest BCUT2D eigenvalue weighted by atomic mass is 16.5. The maximum atomic E-state index is 11.3. The monoisotopic (exact) mass is 208 g/mol. The summed E-state index contributed by atoms with van der Waals surface area (Å²) in [6.45, 7) is 3.52. The molecule has 0 radical (unpaired) electrons. The van der Waals surface area contributed by atoms with Gasteiger partial charge in [-0.15, -0.1) is 0 Å². The lowest BCUT2D eigenvalue weighted by Crippen LogP contribution is -2.22. The minimum atomic E-state index is -0.427. The van der Waals surface area contributed by atoms with Crippen LogP contribution in [0.5, 0.6) is 5.75 Å². The lowest BCUT2D eigenvalue weighted by molar-refractivity contribution is -0.124. The van der Waals surface area contributed by atoms with Gasteiger partial charge in [-0.05, 0) is 24.6 Å². The first-order valence-corrected chi connectivity index (χ1v) is 5.06. The molecule has 3 nitrogen and oxygen atoms in total. The summed E-state index contributed by atoms with van der Waals surface area (Å²) in [4.78, 5) is 11.3. The van der Waals surface area contributed by atoms with Crippen LogP contribution in [0.4, 0.5) is 0 Å². The first-order chi connectivity index (χ1) is 7.17. The van der Waals surface area contributed by atoms with Gasteiger partial charge in [-0.3, -0.25) is 4.79 Å². The van der Waals surface area contributed by atoms with E-state index in [1.165, 1.54) is 0 Å². The molecule has 0 amide bonds. The molecule has 0 fully saturated rings. The molecule has 0 aliphatic rings. The number of carbonyl (C=O) groups is 1. The highest BCUT2D eigenvalue weighted by molar-refractivity contribution is 5.82. The van der Waals surface area contributed by atoms with E-state index in [1.807, 2.05) is 6.92 Å². The van der Waals surface area contributed by atoms with Gasteiger partial charge in [0.2, 0.25) is 0 Å². The molecule has 1 unspecified atom stereocenters. The van der Waals surface area contributed by atoms with Crippen molar-refractivity contribution in [1.29, 1.82) is 0 Å². The van der Waals surface area contributed by atoms with Crippen molar-refractivity contribution in [1.82, 2.24) is 0 Å². The van der Waals surface area contributed by atoms with E-state index in [-0.39, 0.29) is 12.4 Å². The molecule has 0 bridgehead atoms. The summed E-state index contributed by atoms with van der Waals surface area (Å²) < 4.78 is 5.45. The number of carbonyl (C=O) groups excluding carboxylic acids is 1. The molecule has 0 aliphatic carbocycles. The third-order valence-electron chi connectivity index (χ3n) is 2.20. The summed E-state index contributed by atoms with van der Waals surface area (Å²) in [5.41, 5.74) is 0.781. The van der Waals surface area contributed by atoms with Crippen LogP contribution >= 0.6 is 0 Å². The zero-order chi connectivity index (χ0) is 11.3. The molecule has 1 N–H and O–H groups in total. The van der Waals surface area contributed by atoms with Crippen molar-refractivity contribution in [2.24, 2.45) is 0 Å². The Balaban J connectivity index is 2.67. The van der Waals surface area contributed by atoms with E-state index in [2.05, 4.69) is 0 Å². The van der Waals surface area contributed by atoms with Gasteiger partial charge < -0.3 is 9.84 Å². The Morgan fingerprint density at radius 2 is 2.27 bits per heavy atom. The number of hydrogen-bond donors (Lipinski definition) is 1. The van der Waals surface area contributed by atoms with Crippen molar-refractivity contribution in [3.63, 3.8) is 0 Å². The van der Waals surface area contributed by atoms with E-state index < -0.39 is 6.10 Å². The highest BCUT2D eigenvalue weighted by Gasteiger charge is 2.11. The normalized spacial score (nSPS) is 12.2. The second-order valence-corrected chi connectivity index (χ2v) is 3.39. The maximum Gasteiger partial charge on any atom is 0.172 e. The highest BCUT2D eigenvalue weighted by Crippen LogP contribution is 2.15. The van der Waals surface area contributed by atoms with E-state index in [4.69, 9.17) is 9.84 Å². The molecule has 3 heteroatoms. The molecule has 82 valence electrons. The fourth-order valence-electron chi connectivity index (χ4n) is 1.27. The Bertz CT molecular complexity index is 333. The van der Waals surface area contributed by atoms with Gasteiger partial charge in [0.05, 0.1) is 6.61 Å². The number of ketones is 1. The largest absolute Gasteiger partial charge is 0.483 e. The quantitative estimate of drug-likeness (QED) is 0.804. The number of aliphatic hydroxyl groups is 1. The van der Waals surface area contributed by atoms with Gasteiger partial charge in [-0.1, -0.05) is 19.1 Å². The summed E-state index contributed by atoms with van der Waals surface area (Å²) in [7, 11) is 0. The molecule has 0 saturated carbocycles. The zero-order valence-electron chi connectivity index (χ0n) is 9.06. The predicted octanol–water partition coefficient (Wildman–Crippen LogP) is 1.93. The number of rotatable bonds is 5. The molecule has 0 spiro atoms. The minimum absolute atomic E-state index is 0.0205. The van der Waals surface area contributed by atoms with Crippen LogP contribution in [0.3, 0.4) is 0 Å². The Morgan fingerprint density at radius 1 is 1.53 bits per heavy atom. The molecule has 1 rings (SSSR count). The number of hydrogen-bond acceptors (Lipinski definition) is 3. The molecular formula is C12H16O3. The van der Waals surface area contributed by atoms with Crippen molar-refractivity contribution in [3.8, 4) is 5.75 Å². The van der Waals surface area contributed by atoms with Crippen LogP contribution in [0.2, 0.25) is 0 Å². The average Bonchev–Trinajstić information content (AvgIpc) is 2.28. The number of Topliss-reactive ketones (excluding diaryl/α,β-unsaturated/α-hetero) is 1. The van der Waals surface area contributed by atoms with Crippen LogP contribution in [-0.2, 0) is 11.4 Å². The fourth-order valence-corrected chi connectivity index (χ4v) is 1.27. The van der Waals surface area contributed by atoms with Gasteiger partial charge in [-0.2, -0.15) is 0 Å². The Labute approximate surface area is 89.7 Å². The van der Waals surface area contributed by atoms with Gasteiger partial charge in [0.15, 0.2) is 11.9 Å². The summed E-state index contributed by atoms with van der Waals surface area (Å²) in [5, 5.41) is 8.93. The third-order valence-corrected chi connectivity index (χ3v) is 2.20. The SMILES string of the molecule is CCC(=O)C(C)Oc1cccc(CO)c1. The lowest BCUT2D eigenvalue weighted by Gasteiger charge is -2.13. The summed E-state index contributed by atoms with van der Waals surface area (Å²) in [5.74, 6) is 0.695. The van der Waals surface area contributed by atoms with Crippen molar-refractivity contribution in [3.05, 3.63) is 29.8 Å². The molecule has 0 aromatic heterocycles. The van der Waals surface area contributed by atoms with Gasteiger partial charge in [0.1, 0.15) is 5.75 Å². The predicted molar refractivity (Wildman–Crippen MR) is 57.8 cm³/mol. The van der Waals surface area contributed by atoms with Crippen LogP contribution in [0.15, 0.2) is 24.3 Å². The second-order valence-electron chi connectivity index (χ2n) is 3.39. The molecule has 1 atom stereocenters. The first-order valence-electron chi connectivity index (χ1n) is 5.06. The molecule has 1 aromatic rings. The topological polar surface area (TPSA) is 46.5 Å². The van der Waals surface area contributed by atoms with Crippen LogP contribution in [0, 0.1) is 0 Å². The van der Waals surface area contributed by atoms with Gasteiger partial charge in [0, 0.05) is 6.42 Å². The van der Waals surface area contributed by atoms with Gasteiger partial charge in [-0.25, -0.2) is 0 Å². The summed E-state index contributed by atoms with van der Waals surface area (Å²) >= 11 is 0. The van der Waals surface area contributed by atoms with Crippen LogP contribution in [-0.4, -0.2) is 17.0 Å². The molecule has 0 heterocycles. The fraction of sp³-hybridized carbons (Fsp3) is 0.417. The van der Waals surface area contributed by atoms with E-state index in [1.54, 1.807) is 31.2 Å². The summed E-state index contributed by atoms with van der Waals surface area (Å²) in [6.07, 6.45) is 0.0462. The Hall–Kier alpha value is -1.35. The zero-order valence-corrected chi connectivity index (χ0v) is 9.06. The lowest BCUT2D eigenvalue weighted by atomic mass is 10.2. The molecule has 0 saturated heterocycles. The molecule has 0 aliphatic heterocycles. The van der Waals surface area contributed by atoms with Crippen LogP contribution in [0.25, 0.3) is 0 Å². The Kier molecular flexibility index (Phi) is 4.31. The standard InChI is InChI=1S/C12H16O3/c1-3-12(14)9(2)15-11-6-4-5-10(7-11)8-13/h4-7,9,13H,3,8H2,1-2H3. The smallest absolute Gasteiger partial charge is 0.172 e. The third kappa shape index (κ3) is 3.36. The van der Waals surface area contributed by atoms with E-state index in [0.717, 1.165) is 5.56 Å². The molecular weight excluding hydrogens is 192 g/mol. The maximum absolute atomic E-state index is 11.3. The van der Waals surface area contributed by atoms with Gasteiger partial charge in [0.25, 0.3) is 0 Å². The van der Waals surface area contributed by atoms with Crippen molar-refractivity contribution >= 4 is 5.78 Å². The molecule has 1 aromatic carbocycles. The minimum Gasteiger partial charge on any atom is -0.483 e.